The second-order valence-corrected chi connectivity index (χ2v) is 2.50. The van der Waals surface area contributed by atoms with Crippen LogP contribution in [0.2, 0.25) is 0 Å². The fourth-order valence-electron chi connectivity index (χ4n) is 0.942. The van der Waals surface area contributed by atoms with Gasteiger partial charge in [0.1, 0.15) is 0 Å². The van der Waals surface area contributed by atoms with E-state index < -0.39 is 13.1 Å². The highest BCUT2D eigenvalue weighted by Gasteiger charge is 2.20. The van der Waals surface area contributed by atoms with Gasteiger partial charge in [-0.1, -0.05) is 0 Å². The van der Waals surface area contributed by atoms with Crippen LogP contribution < -0.4 is 10.2 Å². The number of hydrogen-bond acceptors (Lipinski definition) is 5. The fraction of sp³-hybridized carbons (Fsp3) is 0.143. The number of carboxylic acids is 1. The van der Waals surface area contributed by atoms with Gasteiger partial charge in [0.05, 0.1) is 12.7 Å². The van der Waals surface area contributed by atoms with Gasteiger partial charge in [-0.2, -0.15) is 0 Å². The molecule has 0 aliphatic carbocycles. The molecule has 0 saturated carbocycles. The molecule has 0 fully saturated rings. The van der Waals surface area contributed by atoms with Gasteiger partial charge in [0, 0.05) is 11.7 Å². The standard InChI is InChI=1S/C7H8BNO5/c1-14-6-5(8(12)13)2-4(3-9-6)7(10)11/h2-3,12-13H,1H3,(H,10,11). The van der Waals surface area contributed by atoms with E-state index in [4.69, 9.17) is 19.9 Å². The molecule has 0 bridgehead atoms. The molecule has 6 nitrogen and oxygen atoms in total. The van der Waals surface area contributed by atoms with Gasteiger partial charge in [0.15, 0.2) is 0 Å². The molecule has 0 radical (unpaired) electrons. The van der Waals surface area contributed by atoms with E-state index in [1.807, 2.05) is 0 Å². The highest BCUT2D eigenvalue weighted by molar-refractivity contribution is 6.59. The lowest BCUT2D eigenvalue weighted by Crippen LogP contribution is -2.32. The summed E-state index contributed by atoms with van der Waals surface area (Å²) in [6.45, 7) is 0. The Morgan fingerprint density at radius 2 is 2.21 bits per heavy atom. The molecule has 0 saturated heterocycles. The van der Waals surface area contributed by atoms with E-state index in [0.29, 0.717) is 0 Å². The van der Waals surface area contributed by atoms with Crippen molar-refractivity contribution in [3.63, 3.8) is 0 Å². The van der Waals surface area contributed by atoms with E-state index in [-0.39, 0.29) is 16.9 Å². The number of aromatic carboxylic acids is 1. The first kappa shape index (κ1) is 10.5. The Morgan fingerprint density at radius 1 is 1.57 bits per heavy atom. The Hall–Kier alpha value is -1.60. The van der Waals surface area contributed by atoms with Crippen LogP contribution in [-0.4, -0.2) is 40.3 Å². The Kier molecular flexibility index (Phi) is 3.05. The second kappa shape index (κ2) is 4.08. The Labute approximate surface area is 79.9 Å². The zero-order chi connectivity index (χ0) is 10.7. The van der Waals surface area contributed by atoms with Crippen molar-refractivity contribution in [1.82, 2.24) is 4.98 Å². The van der Waals surface area contributed by atoms with Crippen LogP contribution in [0.15, 0.2) is 12.3 Å². The van der Waals surface area contributed by atoms with Gasteiger partial charge < -0.3 is 19.9 Å². The topological polar surface area (TPSA) is 99.9 Å². The lowest BCUT2D eigenvalue weighted by Gasteiger charge is -2.06. The summed E-state index contributed by atoms with van der Waals surface area (Å²) in [5.74, 6) is -1.20. The van der Waals surface area contributed by atoms with E-state index in [1.54, 1.807) is 0 Å². The first-order valence-corrected chi connectivity index (χ1v) is 3.69. The monoisotopic (exact) mass is 197 g/mol. The molecule has 0 aromatic carbocycles. The van der Waals surface area contributed by atoms with Crippen molar-refractivity contribution in [2.24, 2.45) is 0 Å². The summed E-state index contributed by atoms with van der Waals surface area (Å²) in [6.07, 6.45) is 1.08. The summed E-state index contributed by atoms with van der Waals surface area (Å²) < 4.78 is 4.72. The SMILES string of the molecule is COc1ncc(C(=O)O)cc1B(O)O. The van der Waals surface area contributed by atoms with Crippen molar-refractivity contribution in [2.45, 2.75) is 0 Å². The van der Waals surface area contributed by atoms with Gasteiger partial charge in [0.2, 0.25) is 5.88 Å². The molecule has 1 aromatic heterocycles. The predicted octanol–water partition coefficient (Wildman–Crippen LogP) is -1.53. The summed E-state index contributed by atoms with van der Waals surface area (Å²) in [5.41, 5.74) is -0.207. The lowest BCUT2D eigenvalue weighted by molar-refractivity contribution is 0.0696. The third kappa shape index (κ3) is 2.01. The van der Waals surface area contributed by atoms with Crippen LogP contribution in [0, 0.1) is 0 Å². The van der Waals surface area contributed by atoms with E-state index in [1.165, 1.54) is 7.11 Å². The van der Waals surface area contributed by atoms with Crippen LogP contribution in [0.25, 0.3) is 0 Å². The van der Waals surface area contributed by atoms with Gasteiger partial charge in [-0.25, -0.2) is 9.78 Å². The molecular weight excluding hydrogens is 189 g/mol. The summed E-state index contributed by atoms with van der Waals surface area (Å²) in [6, 6.07) is 1.10. The first-order valence-electron chi connectivity index (χ1n) is 3.69. The van der Waals surface area contributed by atoms with E-state index in [9.17, 15) is 4.79 Å². The number of pyridine rings is 1. The van der Waals surface area contributed by atoms with E-state index in [0.717, 1.165) is 12.3 Å². The van der Waals surface area contributed by atoms with Crippen LogP contribution in [-0.2, 0) is 0 Å². The molecule has 3 N–H and O–H groups in total. The van der Waals surface area contributed by atoms with Gasteiger partial charge in [0.25, 0.3) is 0 Å². The summed E-state index contributed by atoms with van der Waals surface area (Å²) in [5, 5.41) is 26.4. The minimum Gasteiger partial charge on any atom is -0.481 e. The molecule has 0 unspecified atom stereocenters. The normalized spacial score (nSPS) is 9.64. The molecule has 0 amide bonds. The van der Waals surface area contributed by atoms with Crippen molar-refractivity contribution in [3.8, 4) is 5.88 Å². The Balaban J connectivity index is 3.20. The molecular formula is C7H8BNO5. The molecule has 0 aliphatic rings. The molecule has 7 heteroatoms. The maximum atomic E-state index is 10.5. The number of ether oxygens (including phenoxy) is 1. The number of rotatable bonds is 3. The maximum Gasteiger partial charge on any atom is 0.494 e. The van der Waals surface area contributed by atoms with Gasteiger partial charge in [-0.05, 0) is 6.07 Å². The van der Waals surface area contributed by atoms with Crippen LogP contribution in [0.3, 0.4) is 0 Å². The number of nitrogens with zero attached hydrogens (tertiary/aromatic N) is 1. The second-order valence-electron chi connectivity index (χ2n) is 2.50. The van der Waals surface area contributed by atoms with Crippen molar-refractivity contribution in [1.29, 1.82) is 0 Å². The summed E-state index contributed by atoms with van der Waals surface area (Å²) >= 11 is 0. The highest BCUT2D eigenvalue weighted by Crippen LogP contribution is 2.05. The third-order valence-corrected chi connectivity index (χ3v) is 1.60. The number of aromatic nitrogens is 1. The Bertz CT molecular complexity index is 354. The molecule has 74 valence electrons. The zero-order valence-corrected chi connectivity index (χ0v) is 7.34. The highest BCUT2D eigenvalue weighted by atomic mass is 16.5. The molecule has 0 aliphatic heterocycles. The van der Waals surface area contributed by atoms with E-state index >= 15 is 0 Å². The Morgan fingerprint density at radius 3 is 2.64 bits per heavy atom. The molecule has 1 rings (SSSR count). The van der Waals surface area contributed by atoms with Crippen molar-refractivity contribution in [2.75, 3.05) is 7.11 Å². The largest absolute Gasteiger partial charge is 0.494 e. The zero-order valence-electron chi connectivity index (χ0n) is 7.34. The van der Waals surface area contributed by atoms with Crippen LogP contribution in [0.4, 0.5) is 0 Å². The van der Waals surface area contributed by atoms with Gasteiger partial charge in [-0.3, -0.25) is 0 Å². The average Bonchev–Trinajstić information content (AvgIpc) is 2.16. The number of hydrogen-bond donors (Lipinski definition) is 3. The summed E-state index contributed by atoms with van der Waals surface area (Å²) in [4.78, 5) is 14.1. The quantitative estimate of drug-likeness (QED) is 0.508. The number of carboxylic acid groups (broad SMARTS) is 1. The van der Waals surface area contributed by atoms with Crippen molar-refractivity contribution < 1.29 is 24.7 Å². The predicted molar refractivity (Wildman–Crippen MR) is 47.6 cm³/mol. The fourth-order valence-corrected chi connectivity index (χ4v) is 0.942. The lowest BCUT2D eigenvalue weighted by atomic mass is 9.80. The van der Waals surface area contributed by atoms with Crippen LogP contribution in [0.1, 0.15) is 10.4 Å². The van der Waals surface area contributed by atoms with Gasteiger partial charge in [-0.15, -0.1) is 0 Å². The van der Waals surface area contributed by atoms with E-state index in [2.05, 4.69) is 4.98 Å². The molecule has 1 aromatic rings. The molecule has 0 spiro atoms. The van der Waals surface area contributed by atoms with Crippen LogP contribution >= 0.6 is 0 Å². The number of methoxy groups -OCH3 is 1. The molecule has 1 heterocycles. The smallest absolute Gasteiger partial charge is 0.481 e. The summed E-state index contributed by atoms with van der Waals surface area (Å²) in [7, 11) is -0.508. The van der Waals surface area contributed by atoms with Crippen molar-refractivity contribution >= 4 is 18.6 Å². The average molecular weight is 197 g/mol. The number of carbonyl (C=O) groups is 1. The minimum atomic E-state index is -1.81. The third-order valence-electron chi connectivity index (χ3n) is 1.60. The maximum absolute atomic E-state index is 10.5. The van der Waals surface area contributed by atoms with Crippen LogP contribution in [0.5, 0.6) is 5.88 Å². The minimum absolute atomic E-state index is 0.00926. The molecule has 14 heavy (non-hydrogen) atoms. The molecule has 0 atom stereocenters. The van der Waals surface area contributed by atoms with Crippen molar-refractivity contribution in [3.05, 3.63) is 17.8 Å². The first-order chi connectivity index (χ1) is 6.56. The van der Waals surface area contributed by atoms with Gasteiger partial charge >= 0.3 is 13.1 Å².